The quantitative estimate of drug-likeness (QED) is 0.569. The van der Waals surface area contributed by atoms with E-state index in [4.69, 9.17) is 0 Å². The average molecular weight is 471 g/mol. The molecule has 1 saturated heterocycles. The van der Waals surface area contributed by atoms with Crippen LogP contribution in [-0.4, -0.2) is 65.7 Å². The fourth-order valence-corrected chi connectivity index (χ4v) is 7.48. The minimum Gasteiger partial charge on any atom is -0.393 e. The van der Waals surface area contributed by atoms with Crippen LogP contribution in [0, 0.1) is 23.2 Å². The second kappa shape index (κ2) is 10.00. The molecule has 0 aromatic rings. The number of fused-ring (bicyclic) bond motifs is 1. The maximum Gasteiger partial charge on any atom is 0.405 e. The summed E-state index contributed by atoms with van der Waals surface area (Å²) in [4.78, 5) is 2.01. The number of nitrogens with zero attached hydrogens (tertiary/aromatic N) is 1. The van der Waals surface area contributed by atoms with E-state index in [0.29, 0.717) is 50.1 Å². The Hall–Kier alpha value is -0.890. The minimum atomic E-state index is -4.19. The summed E-state index contributed by atoms with van der Waals surface area (Å²) in [6, 6.07) is -1.42. The molecule has 4 rings (SSSR count). The van der Waals surface area contributed by atoms with Crippen molar-refractivity contribution >= 4 is 0 Å². The predicted molar refractivity (Wildman–Crippen MR) is 124 cm³/mol. The highest BCUT2D eigenvalue weighted by atomic mass is 19.4. The molecule has 4 nitrogen and oxygen atoms in total. The van der Waals surface area contributed by atoms with Gasteiger partial charge in [0.15, 0.2) is 0 Å². The fourth-order valence-electron chi connectivity index (χ4n) is 7.48. The lowest BCUT2D eigenvalue weighted by atomic mass is 9.61. The molecular weight excluding hydrogens is 429 g/mol. The molecule has 3 saturated carbocycles. The summed E-state index contributed by atoms with van der Waals surface area (Å²) < 4.78 is 39.6. The lowest BCUT2D eigenvalue weighted by Crippen LogP contribution is -2.57. The normalized spacial score (nSPS) is 40.6. The standard InChI is InChI=1S/C26H41F3N2O2/c1-17(15-31-11-10-30-24(16-31)26(27,28)29)22-7-8-23-19(4-3-9-25(22,23)2)6-5-18-12-20(32)14-21(33)13-18/h5-6,17,20-24,30,32-33H,3-4,7-16H2,1-2H3/b18-5?,19-6+/t17-,20?,21?,22-,23+,24?,25-/m1/s1. The molecule has 4 fully saturated rings. The molecule has 33 heavy (non-hydrogen) atoms. The van der Waals surface area contributed by atoms with Crippen molar-refractivity contribution in [1.82, 2.24) is 10.2 Å². The predicted octanol–water partition coefficient (Wildman–Crippen LogP) is 4.43. The zero-order chi connectivity index (χ0) is 23.8. The van der Waals surface area contributed by atoms with Crippen LogP contribution in [0.25, 0.3) is 0 Å². The summed E-state index contributed by atoms with van der Waals surface area (Å²) in [5.74, 6) is 1.42. The van der Waals surface area contributed by atoms with Gasteiger partial charge in [-0.1, -0.05) is 37.1 Å². The SMILES string of the molecule is C[C@H](CN1CCNC(C(F)(F)F)C1)[C@H]1CC[C@H]2/C(=C/C=C3CC(O)CC(O)C3)CCC[C@]12C. The molecule has 3 unspecified atom stereocenters. The van der Waals surface area contributed by atoms with Crippen LogP contribution in [0.15, 0.2) is 23.3 Å². The monoisotopic (exact) mass is 470 g/mol. The van der Waals surface area contributed by atoms with Gasteiger partial charge in [-0.25, -0.2) is 0 Å². The van der Waals surface area contributed by atoms with Crippen LogP contribution >= 0.6 is 0 Å². The third kappa shape index (κ3) is 5.68. The van der Waals surface area contributed by atoms with Crippen molar-refractivity contribution in [1.29, 1.82) is 0 Å². The van der Waals surface area contributed by atoms with Crippen molar-refractivity contribution in [3.63, 3.8) is 0 Å². The van der Waals surface area contributed by atoms with Gasteiger partial charge in [-0.05, 0) is 74.5 Å². The van der Waals surface area contributed by atoms with Crippen LogP contribution in [0.2, 0.25) is 0 Å². The van der Waals surface area contributed by atoms with Crippen molar-refractivity contribution < 1.29 is 23.4 Å². The third-order valence-electron chi connectivity index (χ3n) is 9.00. The number of hydrogen-bond acceptors (Lipinski definition) is 4. The van der Waals surface area contributed by atoms with Gasteiger partial charge in [-0.2, -0.15) is 13.2 Å². The van der Waals surface area contributed by atoms with Crippen molar-refractivity contribution in [2.45, 2.75) is 89.6 Å². The molecule has 4 aliphatic rings. The van der Waals surface area contributed by atoms with E-state index in [0.717, 1.165) is 37.8 Å². The zero-order valence-corrected chi connectivity index (χ0v) is 20.1. The molecule has 7 heteroatoms. The Labute approximate surface area is 196 Å². The van der Waals surface area contributed by atoms with Gasteiger partial charge in [-0.15, -0.1) is 0 Å². The molecule has 0 aromatic heterocycles. The van der Waals surface area contributed by atoms with Crippen molar-refractivity contribution in [3.05, 3.63) is 23.3 Å². The molecule has 3 N–H and O–H groups in total. The van der Waals surface area contributed by atoms with E-state index >= 15 is 0 Å². The van der Waals surface area contributed by atoms with E-state index in [1.54, 1.807) is 0 Å². The summed E-state index contributed by atoms with van der Waals surface area (Å²) in [5, 5.41) is 22.6. The number of allylic oxidation sites excluding steroid dienone is 3. The van der Waals surface area contributed by atoms with Gasteiger partial charge >= 0.3 is 6.18 Å². The highest BCUT2D eigenvalue weighted by Crippen LogP contribution is 2.59. The maximum absolute atomic E-state index is 13.2. The number of hydrogen-bond donors (Lipinski definition) is 3. The molecule has 0 amide bonds. The first kappa shape index (κ1) is 25.2. The highest BCUT2D eigenvalue weighted by molar-refractivity contribution is 5.26. The molecule has 188 valence electrons. The van der Waals surface area contributed by atoms with E-state index in [9.17, 15) is 23.4 Å². The van der Waals surface area contributed by atoms with Gasteiger partial charge in [-0.3, -0.25) is 4.90 Å². The highest BCUT2D eigenvalue weighted by Gasteiger charge is 2.51. The first-order valence-corrected chi connectivity index (χ1v) is 12.8. The Morgan fingerprint density at radius 2 is 1.91 bits per heavy atom. The largest absolute Gasteiger partial charge is 0.405 e. The molecule has 7 atom stereocenters. The van der Waals surface area contributed by atoms with E-state index in [1.165, 1.54) is 12.0 Å². The molecule has 3 aliphatic carbocycles. The van der Waals surface area contributed by atoms with Crippen molar-refractivity contribution in [2.24, 2.45) is 23.2 Å². The molecule has 0 spiro atoms. The molecular formula is C26H41F3N2O2. The summed E-state index contributed by atoms with van der Waals surface area (Å²) >= 11 is 0. The average Bonchev–Trinajstić information content (AvgIpc) is 3.09. The second-order valence-electron chi connectivity index (χ2n) is 11.4. The first-order valence-electron chi connectivity index (χ1n) is 12.8. The number of rotatable bonds is 4. The van der Waals surface area contributed by atoms with Gasteiger partial charge in [0.25, 0.3) is 0 Å². The van der Waals surface area contributed by atoms with Crippen LogP contribution < -0.4 is 5.32 Å². The fraction of sp³-hybridized carbons (Fsp3) is 0.846. The summed E-state index contributed by atoms with van der Waals surface area (Å²) in [5.41, 5.74) is 2.81. The lowest BCUT2D eigenvalue weighted by molar-refractivity contribution is -0.165. The summed E-state index contributed by atoms with van der Waals surface area (Å²) in [6.07, 6.45) is 6.80. The summed E-state index contributed by atoms with van der Waals surface area (Å²) in [6.45, 7) is 6.52. The van der Waals surface area contributed by atoms with Crippen LogP contribution in [0.4, 0.5) is 13.2 Å². The Morgan fingerprint density at radius 3 is 2.61 bits per heavy atom. The maximum atomic E-state index is 13.2. The van der Waals surface area contributed by atoms with E-state index in [2.05, 4.69) is 31.3 Å². The van der Waals surface area contributed by atoms with E-state index in [-0.39, 0.29) is 12.0 Å². The molecule has 0 aromatic carbocycles. The second-order valence-corrected chi connectivity index (χ2v) is 11.4. The number of alkyl halides is 3. The number of aliphatic hydroxyl groups excluding tert-OH is 2. The van der Waals surface area contributed by atoms with Gasteiger partial charge in [0, 0.05) is 26.2 Å². The van der Waals surface area contributed by atoms with Crippen LogP contribution in [-0.2, 0) is 0 Å². The number of piperazine rings is 1. The van der Waals surface area contributed by atoms with Crippen molar-refractivity contribution in [3.8, 4) is 0 Å². The van der Waals surface area contributed by atoms with Crippen molar-refractivity contribution in [2.75, 3.05) is 26.2 Å². The topological polar surface area (TPSA) is 55.7 Å². The van der Waals surface area contributed by atoms with Crippen LogP contribution in [0.5, 0.6) is 0 Å². The Kier molecular flexibility index (Phi) is 7.64. The van der Waals surface area contributed by atoms with Gasteiger partial charge < -0.3 is 15.5 Å². The lowest BCUT2D eigenvalue weighted by Gasteiger charge is -2.45. The third-order valence-corrected chi connectivity index (χ3v) is 9.00. The Bertz CT molecular complexity index is 740. The Morgan fingerprint density at radius 1 is 1.18 bits per heavy atom. The van der Waals surface area contributed by atoms with Crippen LogP contribution in [0.1, 0.15) is 65.2 Å². The molecule has 1 aliphatic heterocycles. The summed E-state index contributed by atoms with van der Waals surface area (Å²) in [7, 11) is 0. The molecule has 1 heterocycles. The zero-order valence-electron chi connectivity index (χ0n) is 20.1. The molecule has 0 radical (unpaired) electrons. The number of aliphatic hydroxyl groups is 2. The Balaban J connectivity index is 1.42. The van der Waals surface area contributed by atoms with Gasteiger partial charge in [0.1, 0.15) is 6.04 Å². The van der Waals surface area contributed by atoms with E-state index in [1.807, 2.05) is 4.90 Å². The van der Waals surface area contributed by atoms with Crippen LogP contribution in [0.3, 0.4) is 0 Å². The number of nitrogens with one attached hydrogen (secondary N) is 1. The molecule has 0 bridgehead atoms. The van der Waals surface area contributed by atoms with Gasteiger partial charge in [0.2, 0.25) is 0 Å². The first-order chi connectivity index (χ1) is 15.6. The van der Waals surface area contributed by atoms with E-state index < -0.39 is 24.4 Å². The van der Waals surface area contributed by atoms with Gasteiger partial charge in [0.05, 0.1) is 12.2 Å². The minimum absolute atomic E-state index is 0.0527. The smallest absolute Gasteiger partial charge is 0.393 e. The number of halogens is 3.